The van der Waals surface area contributed by atoms with Crippen LogP contribution in [-0.4, -0.2) is 32.0 Å². The van der Waals surface area contributed by atoms with E-state index >= 15 is 0 Å². The van der Waals surface area contributed by atoms with Gasteiger partial charge in [0.15, 0.2) is 0 Å². The van der Waals surface area contributed by atoms with E-state index in [9.17, 15) is 4.79 Å². The smallest absolute Gasteiger partial charge is 0.255 e. The third-order valence-electron chi connectivity index (χ3n) is 3.10. The van der Waals surface area contributed by atoms with Crippen LogP contribution in [0.1, 0.15) is 22.6 Å². The van der Waals surface area contributed by atoms with Gasteiger partial charge in [0.2, 0.25) is 0 Å². The first-order valence-electron chi connectivity index (χ1n) is 6.53. The molecular weight excluding hydrogens is 254 g/mol. The second kappa shape index (κ2) is 5.56. The van der Waals surface area contributed by atoms with Crippen molar-refractivity contribution in [3.8, 4) is 0 Å². The van der Waals surface area contributed by atoms with Crippen LogP contribution in [0.3, 0.4) is 0 Å². The predicted molar refractivity (Wildman–Crippen MR) is 74.4 cm³/mol. The molecule has 6 nitrogen and oxygen atoms in total. The highest BCUT2D eigenvalue weighted by atomic mass is 16.1. The number of pyridine rings is 1. The Kier molecular flexibility index (Phi) is 3.45. The van der Waals surface area contributed by atoms with E-state index in [-0.39, 0.29) is 5.91 Å². The van der Waals surface area contributed by atoms with Crippen LogP contribution in [0, 0.1) is 0 Å². The highest BCUT2D eigenvalue weighted by Crippen LogP contribution is 2.09. The highest BCUT2D eigenvalue weighted by Gasteiger charge is 2.11. The Hall–Kier alpha value is -2.63. The Morgan fingerprint density at radius 1 is 1.40 bits per heavy atom. The first-order valence-corrected chi connectivity index (χ1v) is 6.53. The normalized spacial score (nSPS) is 10.8. The molecule has 3 rings (SSSR count). The Bertz CT molecular complexity index is 701. The van der Waals surface area contributed by atoms with Gasteiger partial charge in [-0.1, -0.05) is 6.07 Å². The van der Waals surface area contributed by atoms with Crippen LogP contribution in [0.2, 0.25) is 0 Å². The fourth-order valence-electron chi connectivity index (χ4n) is 2.10. The van der Waals surface area contributed by atoms with Crippen LogP contribution in [0.4, 0.5) is 0 Å². The second-order valence-electron chi connectivity index (χ2n) is 4.48. The SMILES string of the molecule is O=C(NCCCc1ncc[nH]1)c1cnn2ccccc12. The summed E-state index contributed by atoms with van der Waals surface area (Å²) in [6, 6.07) is 5.65. The van der Waals surface area contributed by atoms with Gasteiger partial charge in [-0.15, -0.1) is 0 Å². The van der Waals surface area contributed by atoms with Crippen LogP contribution in [-0.2, 0) is 6.42 Å². The molecule has 102 valence electrons. The summed E-state index contributed by atoms with van der Waals surface area (Å²) in [7, 11) is 0. The molecule has 0 aromatic carbocycles. The van der Waals surface area contributed by atoms with E-state index in [1.54, 1.807) is 23.1 Å². The zero-order chi connectivity index (χ0) is 13.8. The summed E-state index contributed by atoms with van der Waals surface area (Å²) in [5.74, 6) is 0.848. The molecule has 0 spiro atoms. The molecule has 0 aliphatic rings. The number of H-pyrrole nitrogens is 1. The number of imidazole rings is 1. The molecule has 1 amide bonds. The molecule has 0 aliphatic heterocycles. The largest absolute Gasteiger partial charge is 0.352 e. The third-order valence-corrected chi connectivity index (χ3v) is 3.10. The average Bonchev–Trinajstić information content (AvgIpc) is 3.12. The lowest BCUT2D eigenvalue weighted by atomic mass is 10.2. The van der Waals surface area contributed by atoms with Crippen molar-refractivity contribution in [2.45, 2.75) is 12.8 Å². The van der Waals surface area contributed by atoms with Gasteiger partial charge in [0.1, 0.15) is 5.82 Å². The fraction of sp³-hybridized carbons (Fsp3) is 0.214. The number of aromatic amines is 1. The third kappa shape index (κ3) is 2.54. The number of carbonyl (C=O) groups is 1. The number of amides is 1. The molecule has 2 N–H and O–H groups in total. The molecular formula is C14H15N5O. The van der Waals surface area contributed by atoms with Crippen molar-refractivity contribution < 1.29 is 4.79 Å². The zero-order valence-corrected chi connectivity index (χ0v) is 10.9. The van der Waals surface area contributed by atoms with Crippen LogP contribution in [0.5, 0.6) is 0 Å². The molecule has 3 aromatic rings. The number of rotatable bonds is 5. The number of carbonyl (C=O) groups excluding carboxylic acids is 1. The van der Waals surface area contributed by atoms with E-state index in [0.29, 0.717) is 12.1 Å². The monoisotopic (exact) mass is 269 g/mol. The number of fused-ring (bicyclic) bond motifs is 1. The van der Waals surface area contributed by atoms with Gasteiger partial charge < -0.3 is 10.3 Å². The minimum atomic E-state index is -0.0920. The maximum atomic E-state index is 12.1. The molecule has 0 bridgehead atoms. The lowest BCUT2D eigenvalue weighted by Gasteiger charge is -2.03. The van der Waals surface area contributed by atoms with E-state index in [2.05, 4.69) is 20.4 Å². The van der Waals surface area contributed by atoms with Crippen molar-refractivity contribution in [1.29, 1.82) is 0 Å². The van der Waals surface area contributed by atoms with E-state index in [4.69, 9.17) is 0 Å². The van der Waals surface area contributed by atoms with Crippen molar-refractivity contribution in [1.82, 2.24) is 24.9 Å². The van der Waals surface area contributed by atoms with E-state index < -0.39 is 0 Å². The Morgan fingerprint density at radius 3 is 3.20 bits per heavy atom. The molecule has 0 saturated carbocycles. The van der Waals surface area contributed by atoms with Crippen molar-refractivity contribution in [3.63, 3.8) is 0 Å². The van der Waals surface area contributed by atoms with Crippen LogP contribution in [0.25, 0.3) is 5.52 Å². The number of aromatic nitrogens is 4. The summed E-state index contributed by atoms with van der Waals surface area (Å²) in [4.78, 5) is 19.3. The first-order chi connectivity index (χ1) is 9.84. The number of hydrogen-bond acceptors (Lipinski definition) is 3. The summed E-state index contributed by atoms with van der Waals surface area (Å²) in [5, 5.41) is 7.06. The molecule has 0 radical (unpaired) electrons. The van der Waals surface area contributed by atoms with Crippen LogP contribution < -0.4 is 5.32 Å². The number of nitrogens with one attached hydrogen (secondary N) is 2. The highest BCUT2D eigenvalue weighted by molar-refractivity contribution is 6.00. The summed E-state index contributed by atoms with van der Waals surface area (Å²) in [5.41, 5.74) is 1.42. The molecule has 0 saturated heterocycles. The van der Waals surface area contributed by atoms with Crippen LogP contribution in [0.15, 0.2) is 43.0 Å². The topological polar surface area (TPSA) is 75.1 Å². The van der Waals surface area contributed by atoms with Gasteiger partial charge in [0, 0.05) is 31.6 Å². The van der Waals surface area contributed by atoms with Crippen LogP contribution >= 0.6 is 0 Å². The van der Waals surface area contributed by atoms with Gasteiger partial charge in [-0.05, 0) is 18.6 Å². The summed E-state index contributed by atoms with van der Waals surface area (Å²) in [6.07, 6.45) is 8.61. The number of aryl methyl sites for hydroxylation is 1. The first kappa shape index (κ1) is 12.4. The number of hydrogen-bond donors (Lipinski definition) is 2. The Labute approximate surface area is 115 Å². The maximum absolute atomic E-state index is 12.1. The van der Waals surface area contributed by atoms with Gasteiger partial charge in [-0.2, -0.15) is 5.10 Å². The predicted octanol–water partition coefficient (Wildman–Crippen LogP) is 1.42. The van der Waals surface area contributed by atoms with Crippen molar-refractivity contribution >= 4 is 11.4 Å². The summed E-state index contributed by atoms with van der Waals surface area (Å²) >= 11 is 0. The molecule has 3 heterocycles. The van der Waals surface area contributed by atoms with Crippen molar-refractivity contribution in [2.75, 3.05) is 6.54 Å². The lowest BCUT2D eigenvalue weighted by Crippen LogP contribution is -2.24. The van der Waals surface area contributed by atoms with Gasteiger partial charge in [0.05, 0.1) is 17.3 Å². The zero-order valence-electron chi connectivity index (χ0n) is 10.9. The maximum Gasteiger partial charge on any atom is 0.255 e. The summed E-state index contributed by atoms with van der Waals surface area (Å²) in [6.45, 7) is 0.615. The molecule has 3 aromatic heterocycles. The summed E-state index contributed by atoms with van der Waals surface area (Å²) < 4.78 is 1.69. The molecule has 20 heavy (non-hydrogen) atoms. The Balaban J connectivity index is 1.56. The second-order valence-corrected chi connectivity index (χ2v) is 4.48. The van der Waals surface area contributed by atoms with Gasteiger partial charge in [-0.3, -0.25) is 4.79 Å². The van der Waals surface area contributed by atoms with E-state index in [0.717, 1.165) is 24.2 Å². The Morgan fingerprint density at radius 2 is 2.35 bits per heavy atom. The lowest BCUT2D eigenvalue weighted by molar-refractivity contribution is 0.0955. The number of nitrogens with zero attached hydrogens (tertiary/aromatic N) is 3. The van der Waals surface area contributed by atoms with Gasteiger partial charge in [0.25, 0.3) is 5.91 Å². The van der Waals surface area contributed by atoms with Crippen molar-refractivity contribution in [3.05, 3.63) is 54.4 Å². The molecule has 0 unspecified atom stereocenters. The average molecular weight is 269 g/mol. The quantitative estimate of drug-likeness (QED) is 0.688. The van der Waals surface area contributed by atoms with E-state index in [1.807, 2.05) is 24.4 Å². The minimum Gasteiger partial charge on any atom is -0.352 e. The van der Waals surface area contributed by atoms with Gasteiger partial charge >= 0.3 is 0 Å². The standard InChI is InChI=1S/C14H15N5O/c20-14(17-6-3-5-13-15-7-8-16-13)11-10-18-19-9-2-1-4-12(11)19/h1-2,4,7-10H,3,5-6H2,(H,15,16)(H,17,20). The van der Waals surface area contributed by atoms with Gasteiger partial charge in [-0.25, -0.2) is 9.50 Å². The van der Waals surface area contributed by atoms with E-state index in [1.165, 1.54) is 0 Å². The molecule has 6 heteroatoms. The van der Waals surface area contributed by atoms with Crippen molar-refractivity contribution in [2.24, 2.45) is 0 Å². The minimum absolute atomic E-state index is 0.0920. The molecule has 0 atom stereocenters. The fourth-order valence-corrected chi connectivity index (χ4v) is 2.10. The molecule has 0 aliphatic carbocycles. The molecule has 0 fully saturated rings.